The topological polar surface area (TPSA) is 63.7 Å². The molecule has 1 aliphatic rings. The number of nitrogens with two attached hydrogens (primary N) is 1. The molecule has 1 fully saturated rings. The summed E-state index contributed by atoms with van der Waals surface area (Å²) in [6, 6.07) is 9.67. The number of halogens is 1. The third-order valence-electron chi connectivity index (χ3n) is 3.61. The molecule has 7 heteroatoms. The summed E-state index contributed by atoms with van der Waals surface area (Å²) in [4.78, 5) is 10.8. The number of aromatic nitrogens is 1. The van der Waals surface area contributed by atoms with Crippen molar-refractivity contribution in [2.24, 2.45) is 10.7 Å². The van der Waals surface area contributed by atoms with Crippen LogP contribution in [0.5, 0.6) is 11.6 Å². The molecule has 0 aliphatic carbocycles. The maximum Gasteiger partial charge on any atom is 0.224 e. The quantitative estimate of drug-likeness (QED) is 0.681. The number of rotatable bonds is 4. The van der Waals surface area contributed by atoms with Crippen LogP contribution in [-0.2, 0) is 6.54 Å². The molecular formula is C17H19FN4OS. The first-order valence-corrected chi connectivity index (χ1v) is 8.88. The van der Waals surface area contributed by atoms with E-state index in [-0.39, 0.29) is 5.82 Å². The fraction of sp³-hybridized carbons (Fsp3) is 0.294. The number of thioether (sulfide) groups is 1. The van der Waals surface area contributed by atoms with Crippen LogP contribution in [0.2, 0.25) is 0 Å². The minimum Gasteiger partial charge on any atom is -0.439 e. The second-order valence-electron chi connectivity index (χ2n) is 5.30. The number of hydrogen-bond donors (Lipinski definition) is 1. The van der Waals surface area contributed by atoms with Crippen molar-refractivity contribution < 1.29 is 9.13 Å². The van der Waals surface area contributed by atoms with E-state index in [1.807, 2.05) is 23.9 Å². The van der Waals surface area contributed by atoms with Crippen molar-refractivity contribution >= 4 is 17.7 Å². The first kappa shape index (κ1) is 16.6. The van der Waals surface area contributed by atoms with Gasteiger partial charge in [-0.15, -0.1) is 0 Å². The van der Waals surface area contributed by atoms with Crippen molar-refractivity contribution in [2.45, 2.75) is 6.54 Å². The highest BCUT2D eigenvalue weighted by atomic mass is 32.2. The van der Waals surface area contributed by atoms with Crippen molar-refractivity contribution in [3.63, 3.8) is 0 Å². The van der Waals surface area contributed by atoms with Crippen molar-refractivity contribution in [3.05, 3.63) is 54.0 Å². The Labute approximate surface area is 144 Å². The Kier molecular flexibility index (Phi) is 5.53. The maximum atomic E-state index is 13.3. The van der Waals surface area contributed by atoms with E-state index in [0.717, 1.165) is 30.2 Å². The molecule has 0 atom stereocenters. The minimum absolute atomic E-state index is 0.352. The molecule has 0 spiro atoms. The normalized spacial score (nSPS) is 15.4. The van der Waals surface area contributed by atoms with E-state index in [1.165, 1.54) is 12.1 Å². The first-order chi connectivity index (χ1) is 11.7. The summed E-state index contributed by atoms with van der Waals surface area (Å²) < 4.78 is 19.0. The molecule has 0 saturated carbocycles. The molecule has 1 aromatic heterocycles. The maximum absolute atomic E-state index is 13.3. The van der Waals surface area contributed by atoms with Crippen LogP contribution in [0, 0.1) is 5.82 Å². The van der Waals surface area contributed by atoms with Crippen molar-refractivity contribution in [3.8, 4) is 11.6 Å². The van der Waals surface area contributed by atoms with Gasteiger partial charge in [0.25, 0.3) is 0 Å². The Hall–Kier alpha value is -2.28. The van der Waals surface area contributed by atoms with E-state index in [9.17, 15) is 4.39 Å². The lowest BCUT2D eigenvalue weighted by molar-refractivity contribution is 0.448. The molecule has 0 amide bonds. The Morgan fingerprint density at radius 3 is 2.92 bits per heavy atom. The third-order valence-corrected chi connectivity index (χ3v) is 4.55. The predicted molar refractivity (Wildman–Crippen MR) is 94.9 cm³/mol. The van der Waals surface area contributed by atoms with Gasteiger partial charge < -0.3 is 15.4 Å². The molecule has 126 valence electrons. The van der Waals surface area contributed by atoms with E-state index in [4.69, 9.17) is 10.5 Å². The van der Waals surface area contributed by atoms with Crippen molar-refractivity contribution in [2.75, 3.05) is 24.6 Å². The average Bonchev–Trinajstić information content (AvgIpc) is 2.61. The number of guanidine groups is 1. The van der Waals surface area contributed by atoms with Gasteiger partial charge in [-0.3, -0.25) is 0 Å². The van der Waals surface area contributed by atoms with Crippen LogP contribution in [0.15, 0.2) is 47.6 Å². The molecular weight excluding hydrogens is 327 g/mol. The Morgan fingerprint density at radius 2 is 2.12 bits per heavy atom. The zero-order valence-corrected chi connectivity index (χ0v) is 14.0. The molecule has 0 unspecified atom stereocenters. The number of aliphatic imine (C=N–C) groups is 1. The van der Waals surface area contributed by atoms with Crippen LogP contribution in [0.25, 0.3) is 0 Å². The molecule has 1 aromatic carbocycles. The number of ether oxygens (including phenoxy) is 1. The number of benzene rings is 1. The van der Waals surface area contributed by atoms with Crippen LogP contribution >= 0.6 is 11.8 Å². The monoisotopic (exact) mass is 346 g/mol. The van der Waals surface area contributed by atoms with E-state index in [0.29, 0.717) is 24.1 Å². The summed E-state index contributed by atoms with van der Waals surface area (Å²) in [7, 11) is 0. The summed E-state index contributed by atoms with van der Waals surface area (Å²) in [5.74, 6) is 3.13. The molecule has 0 radical (unpaired) electrons. The van der Waals surface area contributed by atoms with E-state index in [1.54, 1.807) is 18.3 Å². The van der Waals surface area contributed by atoms with Crippen LogP contribution in [0.4, 0.5) is 4.39 Å². The molecule has 2 heterocycles. The Morgan fingerprint density at radius 1 is 1.29 bits per heavy atom. The molecule has 3 rings (SSSR count). The zero-order valence-electron chi connectivity index (χ0n) is 13.2. The summed E-state index contributed by atoms with van der Waals surface area (Å²) in [6.07, 6.45) is 1.63. The van der Waals surface area contributed by atoms with E-state index < -0.39 is 0 Å². The van der Waals surface area contributed by atoms with Gasteiger partial charge in [0, 0.05) is 42.4 Å². The lowest BCUT2D eigenvalue weighted by Crippen LogP contribution is -2.42. The molecule has 2 aromatic rings. The summed E-state index contributed by atoms with van der Waals surface area (Å²) in [5.41, 5.74) is 6.88. The molecule has 24 heavy (non-hydrogen) atoms. The van der Waals surface area contributed by atoms with Gasteiger partial charge in [0.2, 0.25) is 5.88 Å². The lowest BCUT2D eigenvalue weighted by Gasteiger charge is -2.27. The molecule has 1 aliphatic heterocycles. The van der Waals surface area contributed by atoms with Gasteiger partial charge in [-0.05, 0) is 18.2 Å². The van der Waals surface area contributed by atoms with Gasteiger partial charge in [0.15, 0.2) is 5.96 Å². The summed E-state index contributed by atoms with van der Waals surface area (Å²) in [5, 5.41) is 0. The highest BCUT2D eigenvalue weighted by Gasteiger charge is 2.13. The van der Waals surface area contributed by atoms with Crippen LogP contribution in [-0.4, -0.2) is 40.4 Å². The molecule has 2 N–H and O–H groups in total. The standard InChI is InChI=1S/C17H19FN4OS/c18-14-4-1-5-15(11-14)23-16-13(3-2-6-20-16)12-21-17(19)22-7-9-24-10-8-22/h1-6,11H,7-10,12H2,(H2,19,21). The second-order valence-corrected chi connectivity index (χ2v) is 6.53. The number of nitrogens with zero attached hydrogens (tertiary/aromatic N) is 3. The highest BCUT2D eigenvalue weighted by Crippen LogP contribution is 2.24. The average molecular weight is 346 g/mol. The SMILES string of the molecule is NC(=NCc1cccnc1Oc1cccc(F)c1)N1CCSCC1. The smallest absolute Gasteiger partial charge is 0.224 e. The predicted octanol–water partition coefficient (Wildman–Crippen LogP) is 2.88. The van der Waals surface area contributed by atoms with Crippen molar-refractivity contribution in [1.82, 2.24) is 9.88 Å². The molecule has 0 bridgehead atoms. The Balaban J connectivity index is 1.72. The number of pyridine rings is 1. The lowest BCUT2D eigenvalue weighted by atomic mass is 10.2. The number of hydrogen-bond acceptors (Lipinski definition) is 4. The molecule has 5 nitrogen and oxygen atoms in total. The van der Waals surface area contributed by atoms with Gasteiger partial charge in [-0.2, -0.15) is 11.8 Å². The largest absolute Gasteiger partial charge is 0.439 e. The minimum atomic E-state index is -0.352. The third kappa shape index (κ3) is 4.38. The van der Waals surface area contributed by atoms with Gasteiger partial charge in [0.05, 0.1) is 6.54 Å². The first-order valence-electron chi connectivity index (χ1n) is 7.72. The fourth-order valence-corrected chi connectivity index (χ4v) is 3.24. The van der Waals surface area contributed by atoms with Crippen LogP contribution in [0.3, 0.4) is 0 Å². The van der Waals surface area contributed by atoms with Crippen LogP contribution in [0.1, 0.15) is 5.56 Å². The van der Waals surface area contributed by atoms with E-state index in [2.05, 4.69) is 14.9 Å². The van der Waals surface area contributed by atoms with Gasteiger partial charge >= 0.3 is 0 Å². The second kappa shape index (κ2) is 8.01. The van der Waals surface area contributed by atoms with Gasteiger partial charge in [-0.25, -0.2) is 14.4 Å². The fourth-order valence-electron chi connectivity index (χ4n) is 2.34. The zero-order chi connectivity index (χ0) is 16.8. The Bertz CT molecular complexity index is 719. The van der Waals surface area contributed by atoms with Gasteiger partial charge in [0.1, 0.15) is 11.6 Å². The van der Waals surface area contributed by atoms with Crippen LogP contribution < -0.4 is 10.5 Å². The van der Waals surface area contributed by atoms with Gasteiger partial charge in [-0.1, -0.05) is 12.1 Å². The summed E-state index contributed by atoms with van der Waals surface area (Å²) >= 11 is 1.92. The highest BCUT2D eigenvalue weighted by molar-refractivity contribution is 7.99. The molecule has 1 saturated heterocycles. The van der Waals surface area contributed by atoms with E-state index >= 15 is 0 Å². The summed E-state index contributed by atoms with van der Waals surface area (Å²) in [6.45, 7) is 2.20. The van der Waals surface area contributed by atoms with Crippen molar-refractivity contribution in [1.29, 1.82) is 0 Å².